The minimum absolute atomic E-state index is 0. The number of hydrogen-bond acceptors (Lipinski definition) is 3. The van der Waals surface area contributed by atoms with Crippen LogP contribution < -0.4 is 11.3 Å². The average molecular weight is 546 g/mol. The van der Waals surface area contributed by atoms with E-state index in [1.165, 1.54) is 12.1 Å². The molecule has 1 aromatic heterocycles. The first-order valence-corrected chi connectivity index (χ1v) is 10.2. The Morgan fingerprint density at radius 2 is 1.48 bits per heavy atom. The number of carbonyl (C=O) groups excluding carboxylic acids is 1. The molecule has 0 aliphatic carbocycles. The molecule has 3 N–H and O–H groups in total. The van der Waals surface area contributed by atoms with Crippen LogP contribution in [0.2, 0.25) is 20.1 Å². The average Bonchev–Trinajstić information content (AvgIpc) is 3.07. The highest BCUT2D eigenvalue weighted by Gasteiger charge is 2.00. The number of nitrogens with one attached hydrogen (secondary N) is 1. The van der Waals surface area contributed by atoms with Crippen molar-refractivity contribution in [1.29, 1.82) is 0 Å². The van der Waals surface area contributed by atoms with E-state index in [1.54, 1.807) is 60.3 Å². The highest BCUT2D eigenvalue weighted by molar-refractivity contribution is 6.66. The second-order valence-corrected chi connectivity index (χ2v) is 7.69. The maximum absolute atomic E-state index is 10.9. The van der Waals surface area contributed by atoms with Gasteiger partial charge in [-0.1, -0.05) is 52.5 Å². The zero-order chi connectivity index (χ0) is 22.7. The molecule has 0 spiro atoms. The summed E-state index contributed by atoms with van der Waals surface area (Å²) in [6.45, 7) is 2.21. The first-order chi connectivity index (χ1) is 14.1. The Labute approximate surface area is 211 Å². The van der Waals surface area contributed by atoms with Crippen LogP contribution in [0.5, 0.6) is 0 Å². The van der Waals surface area contributed by atoms with Gasteiger partial charge in [-0.25, -0.2) is 0 Å². The van der Waals surface area contributed by atoms with Crippen molar-refractivity contribution in [1.82, 2.24) is 9.78 Å². The van der Waals surface area contributed by atoms with Crippen LogP contribution in [0.4, 0.5) is 0 Å². The highest BCUT2D eigenvalue weighted by Crippen LogP contribution is 2.21. The quantitative estimate of drug-likeness (QED) is 0.285. The van der Waals surface area contributed by atoms with Crippen LogP contribution in [0.3, 0.4) is 0 Å². The molecule has 168 valence electrons. The molecule has 0 aliphatic heterocycles. The van der Waals surface area contributed by atoms with Gasteiger partial charge in [0.25, 0.3) is 5.56 Å². The van der Waals surface area contributed by atoms with Gasteiger partial charge >= 0.3 is 0 Å². The second kappa shape index (κ2) is 15.4. The number of carbonyl (C=O) groups is 1. The molecule has 31 heavy (non-hydrogen) atoms. The Morgan fingerprint density at radius 1 is 1.00 bits per heavy atom. The highest BCUT2D eigenvalue weighted by atomic mass is 35.5. The van der Waals surface area contributed by atoms with Gasteiger partial charge in [-0.2, -0.15) is 0 Å². The molecule has 1 heterocycles. The van der Waals surface area contributed by atoms with Gasteiger partial charge < -0.3 is 5.73 Å². The molecule has 0 atom stereocenters. The fourth-order valence-corrected chi connectivity index (χ4v) is 3.24. The van der Waals surface area contributed by atoms with Crippen LogP contribution in [0.1, 0.15) is 12.5 Å². The van der Waals surface area contributed by atoms with Crippen LogP contribution in [0.15, 0.2) is 65.6 Å². The van der Waals surface area contributed by atoms with E-state index in [0.29, 0.717) is 26.6 Å². The molecular formula is C20H19Cl6N3O2. The van der Waals surface area contributed by atoms with Gasteiger partial charge in [0, 0.05) is 38.9 Å². The molecule has 0 amide bonds. The van der Waals surface area contributed by atoms with Gasteiger partial charge in [0.05, 0.1) is 5.69 Å². The van der Waals surface area contributed by atoms with E-state index < -0.39 is 5.24 Å². The molecule has 0 saturated carbocycles. The Bertz CT molecular complexity index is 1020. The van der Waals surface area contributed by atoms with Crippen molar-refractivity contribution in [2.24, 2.45) is 5.73 Å². The lowest BCUT2D eigenvalue weighted by molar-refractivity contribution is -0.107. The zero-order valence-corrected chi connectivity index (χ0v) is 20.7. The number of nitrogens with zero attached hydrogens (tertiary/aromatic N) is 1. The molecule has 2 aromatic carbocycles. The number of rotatable bonds is 3. The summed E-state index contributed by atoms with van der Waals surface area (Å²) in [6, 6.07) is 11.8. The van der Waals surface area contributed by atoms with E-state index in [4.69, 9.17) is 63.7 Å². The molecule has 0 fully saturated rings. The SMILES string of the molecule is C/C=C/C(=O)Cl.Cl.NCc1cc(Cl)cc(Cl)c1.O=c1ccn(-c2cc(Cl)cc(Cl)c2)[nH]1. The maximum Gasteiger partial charge on any atom is 0.264 e. The smallest absolute Gasteiger partial charge is 0.264 e. The van der Waals surface area contributed by atoms with Crippen molar-refractivity contribution >= 4 is 75.7 Å². The fourth-order valence-electron chi connectivity index (χ4n) is 2.02. The number of aromatic amines is 1. The maximum atomic E-state index is 10.9. The number of aromatic nitrogens is 2. The van der Waals surface area contributed by atoms with E-state index in [2.05, 4.69) is 5.10 Å². The number of halogens is 6. The summed E-state index contributed by atoms with van der Waals surface area (Å²) in [5, 5.41) is 4.50. The largest absolute Gasteiger partial charge is 0.326 e. The Morgan fingerprint density at radius 3 is 1.81 bits per heavy atom. The lowest BCUT2D eigenvalue weighted by Crippen LogP contribution is -2.02. The summed E-state index contributed by atoms with van der Waals surface area (Å²) in [5.74, 6) is 0. The predicted molar refractivity (Wildman–Crippen MR) is 134 cm³/mol. The number of H-pyrrole nitrogens is 1. The van der Waals surface area contributed by atoms with Gasteiger partial charge in [-0.05, 0) is 66.6 Å². The lowest BCUT2D eigenvalue weighted by atomic mass is 10.2. The van der Waals surface area contributed by atoms with Crippen LogP contribution in [-0.2, 0) is 11.3 Å². The molecule has 0 saturated heterocycles. The van der Waals surface area contributed by atoms with E-state index in [-0.39, 0.29) is 18.0 Å². The third-order valence-electron chi connectivity index (χ3n) is 3.19. The predicted octanol–water partition coefficient (Wildman–Crippen LogP) is 6.67. The van der Waals surface area contributed by atoms with Crippen molar-refractivity contribution in [3.8, 4) is 5.69 Å². The van der Waals surface area contributed by atoms with Crippen LogP contribution in [-0.4, -0.2) is 15.0 Å². The van der Waals surface area contributed by atoms with E-state index in [9.17, 15) is 9.59 Å². The number of allylic oxidation sites excluding steroid dienone is 2. The Balaban J connectivity index is 0.000000468. The van der Waals surface area contributed by atoms with Crippen LogP contribution in [0, 0.1) is 0 Å². The van der Waals surface area contributed by atoms with Crippen molar-refractivity contribution in [3.63, 3.8) is 0 Å². The van der Waals surface area contributed by atoms with E-state index in [1.807, 2.05) is 0 Å². The summed E-state index contributed by atoms with van der Waals surface area (Å²) in [6.07, 6.45) is 4.50. The summed E-state index contributed by atoms with van der Waals surface area (Å²) >= 11 is 27.9. The monoisotopic (exact) mass is 543 g/mol. The molecule has 5 nitrogen and oxygen atoms in total. The minimum Gasteiger partial charge on any atom is -0.326 e. The van der Waals surface area contributed by atoms with Crippen molar-refractivity contribution in [3.05, 3.63) is 96.8 Å². The molecule has 0 unspecified atom stereocenters. The van der Waals surface area contributed by atoms with Crippen molar-refractivity contribution < 1.29 is 4.79 Å². The fraction of sp³-hybridized carbons (Fsp3) is 0.100. The van der Waals surface area contributed by atoms with Crippen molar-refractivity contribution in [2.45, 2.75) is 13.5 Å². The van der Waals surface area contributed by atoms with Crippen LogP contribution >= 0.6 is 70.4 Å². The summed E-state index contributed by atoms with van der Waals surface area (Å²) in [4.78, 5) is 20.6. The minimum atomic E-state index is -0.419. The second-order valence-electron chi connectivity index (χ2n) is 5.58. The number of hydrogen-bond donors (Lipinski definition) is 2. The van der Waals surface area contributed by atoms with Gasteiger partial charge in [0.1, 0.15) is 0 Å². The molecular weight excluding hydrogens is 527 g/mol. The zero-order valence-electron chi connectivity index (χ0n) is 16.1. The Kier molecular flexibility index (Phi) is 14.7. The van der Waals surface area contributed by atoms with Gasteiger partial charge in [0.2, 0.25) is 5.24 Å². The molecule has 3 aromatic rings. The summed E-state index contributed by atoms with van der Waals surface area (Å²) in [7, 11) is 0. The normalized spacial score (nSPS) is 9.77. The van der Waals surface area contributed by atoms with Gasteiger partial charge in [-0.15, -0.1) is 12.4 Å². The molecule has 3 rings (SSSR count). The first-order valence-electron chi connectivity index (χ1n) is 8.36. The standard InChI is InChI=1S/C9H6Cl2N2O.C7H7Cl2N.C4H5ClO.ClH/c10-6-3-7(11)5-8(4-6)13-2-1-9(14)12-13;8-6-1-5(4-10)2-7(9)3-6;1-2-3-4(5)6;/h1-5H,(H,12,14);1-3H,4,10H2;2-3H,1H3;1H/b;;3-2+;. The Hall–Kier alpha value is -1.44. The topological polar surface area (TPSA) is 80.9 Å². The van der Waals surface area contributed by atoms with E-state index >= 15 is 0 Å². The molecule has 0 bridgehead atoms. The van der Waals surface area contributed by atoms with E-state index in [0.717, 1.165) is 11.3 Å². The first kappa shape index (κ1) is 29.6. The lowest BCUT2D eigenvalue weighted by Gasteiger charge is -2.03. The molecule has 0 aliphatic rings. The van der Waals surface area contributed by atoms with Crippen molar-refractivity contribution in [2.75, 3.05) is 0 Å². The van der Waals surface area contributed by atoms with Gasteiger partial charge in [-0.3, -0.25) is 19.4 Å². The summed E-state index contributed by atoms with van der Waals surface area (Å²) < 4.78 is 1.56. The third kappa shape index (κ3) is 12.2. The van der Waals surface area contributed by atoms with Crippen LogP contribution in [0.25, 0.3) is 5.69 Å². The number of benzene rings is 2. The van der Waals surface area contributed by atoms with Gasteiger partial charge in [0.15, 0.2) is 0 Å². The molecule has 11 heteroatoms. The molecule has 0 radical (unpaired) electrons. The number of nitrogens with two attached hydrogens (primary N) is 1. The third-order valence-corrected chi connectivity index (χ3v) is 4.19. The summed E-state index contributed by atoms with van der Waals surface area (Å²) in [5.41, 5.74) is 6.89.